The van der Waals surface area contributed by atoms with Crippen LogP contribution >= 0.6 is 0 Å². The van der Waals surface area contributed by atoms with Gasteiger partial charge in [-0.3, -0.25) is 4.79 Å². The number of hydrogen-bond donors (Lipinski definition) is 0. The first-order valence-electron chi connectivity index (χ1n) is 6.07. The Hall–Kier alpha value is -1.52. The maximum atomic E-state index is 12.7. The van der Waals surface area contributed by atoms with E-state index in [-0.39, 0.29) is 6.61 Å². The van der Waals surface area contributed by atoms with E-state index in [1.807, 2.05) is 6.07 Å². The van der Waals surface area contributed by atoms with Crippen molar-refractivity contribution < 1.29 is 22.7 Å². The van der Waals surface area contributed by atoms with Gasteiger partial charge in [0.25, 0.3) is 0 Å². The highest BCUT2D eigenvalue weighted by molar-refractivity contribution is 5.69. The second kappa shape index (κ2) is 6.59. The molecule has 0 aliphatic carbocycles. The summed E-state index contributed by atoms with van der Waals surface area (Å²) in [7, 11) is 0. The fourth-order valence-corrected chi connectivity index (χ4v) is 1.71. The van der Waals surface area contributed by atoms with Crippen molar-refractivity contribution in [2.75, 3.05) is 0 Å². The van der Waals surface area contributed by atoms with Crippen LogP contribution in [0.4, 0.5) is 13.2 Å². The predicted molar refractivity (Wildman–Crippen MR) is 65.2 cm³/mol. The number of carbonyl (C=O) groups excluding carboxylic acids is 1. The molecule has 1 aromatic carbocycles. The molecule has 19 heavy (non-hydrogen) atoms. The van der Waals surface area contributed by atoms with Gasteiger partial charge in [0.2, 0.25) is 0 Å². The molecule has 0 amide bonds. The normalized spacial score (nSPS) is 13.4. The SMILES string of the molecule is CC(C)C(CC(=O)OCc1ccccc1)C(F)(F)F. The molecule has 1 aromatic rings. The van der Waals surface area contributed by atoms with Crippen LogP contribution in [0.2, 0.25) is 0 Å². The maximum Gasteiger partial charge on any atom is 0.392 e. The summed E-state index contributed by atoms with van der Waals surface area (Å²) in [5.74, 6) is -3.13. The fraction of sp³-hybridized carbons (Fsp3) is 0.500. The molecule has 0 aliphatic heterocycles. The zero-order valence-corrected chi connectivity index (χ0v) is 10.9. The third-order valence-corrected chi connectivity index (χ3v) is 2.85. The van der Waals surface area contributed by atoms with Gasteiger partial charge in [0, 0.05) is 0 Å². The Morgan fingerprint density at radius 1 is 1.21 bits per heavy atom. The standard InChI is InChI=1S/C14H17F3O2/c1-10(2)12(14(15,16)17)8-13(18)19-9-11-6-4-3-5-7-11/h3-7,10,12H,8-9H2,1-2H3. The molecule has 0 bridgehead atoms. The van der Waals surface area contributed by atoms with E-state index in [1.165, 1.54) is 13.8 Å². The minimum Gasteiger partial charge on any atom is -0.461 e. The molecule has 0 radical (unpaired) electrons. The molecule has 106 valence electrons. The first-order valence-corrected chi connectivity index (χ1v) is 6.07. The molecule has 5 heteroatoms. The van der Waals surface area contributed by atoms with Gasteiger partial charge < -0.3 is 4.74 Å². The number of hydrogen-bond acceptors (Lipinski definition) is 2. The summed E-state index contributed by atoms with van der Waals surface area (Å²) in [6, 6.07) is 8.85. The molecular weight excluding hydrogens is 257 g/mol. The molecule has 2 nitrogen and oxygen atoms in total. The minimum atomic E-state index is -4.38. The van der Waals surface area contributed by atoms with Gasteiger partial charge in [0.1, 0.15) is 6.61 Å². The van der Waals surface area contributed by atoms with Gasteiger partial charge in [0.05, 0.1) is 12.3 Å². The van der Waals surface area contributed by atoms with E-state index in [0.29, 0.717) is 0 Å². The van der Waals surface area contributed by atoms with Gasteiger partial charge in [-0.05, 0) is 11.5 Å². The Kier molecular flexibility index (Phi) is 5.39. The quantitative estimate of drug-likeness (QED) is 0.760. The van der Waals surface area contributed by atoms with Crippen molar-refractivity contribution in [3.8, 4) is 0 Å². The van der Waals surface area contributed by atoms with Crippen LogP contribution in [0.5, 0.6) is 0 Å². The summed E-state index contributed by atoms with van der Waals surface area (Å²) in [5.41, 5.74) is 0.754. The van der Waals surface area contributed by atoms with Crippen LogP contribution in [0.15, 0.2) is 30.3 Å². The number of alkyl halides is 3. The van der Waals surface area contributed by atoms with Crippen LogP contribution < -0.4 is 0 Å². The van der Waals surface area contributed by atoms with E-state index in [0.717, 1.165) is 5.56 Å². The van der Waals surface area contributed by atoms with E-state index in [1.54, 1.807) is 24.3 Å². The Labute approximate surface area is 110 Å². The molecule has 1 rings (SSSR count). The molecule has 0 heterocycles. The minimum absolute atomic E-state index is 0.00233. The Morgan fingerprint density at radius 3 is 2.26 bits per heavy atom. The summed E-state index contributed by atoms with van der Waals surface area (Å²) in [6.45, 7) is 2.90. The largest absolute Gasteiger partial charge is 0.461 e. The van der Waals surface area contributed by atoms with Gasteiger partial charge in [-0.15, -0.1) is 0 Å². The molecule has 0 aromatic heterocycles. The van der Waals surface area contributed by atoms with Crippen LogP contribution in [0, 0.1) is 11.8 Å². The van der Waals surface area contributed by atoms with Crippen LogP contribution in [-0.2, 0) is 16.1 Å². The summed E-state index contributed by atoms with van der Waals surface area (Å²) >= 11 is 0. The van der Waals surface area contributed by atoms with Crippen molar-refractivity contribution >= 4 is 5.97 Å². The van der Waals surface area contributed by atoms with E-state index < -0.39 is 30.4 Å². The van der Waals surface area contributed by atoms with Crippen molar-refractivity contribution in [3.63, 3.8) is 0 Å². The molecule has 0 spiro atoms. The zero-order valence-electron chi connectivity index (χ0n) is 10.9. The van der Waals surface area contributed by atoms with Crippen molar-refractivity contribution in [2.24, 2.45) is 11.8 Å². The van der Waals surface area contributed by atoms with E-state index in [2.05, 4.69) is 0 Å². The number of esters is 1. The summed E-state index contributed by atoms with van der Waals surface area (Å²) in [6.07, 6.45) is -5.01. The lowest BCUT2D eigenvalue weighted by molar-refractivity contribution is -0.194. The molecule has 0 fully saturated rings. The molecule has 1 atom stereocenters. The van der Waals surface area contributed by atoms with Crippen LogP contribution in [-0.4, -0.2) is 12.1 Å². The zero-order chi connectivity index (χ0) is 14.5. The number of benzene rings is 1. The Bertz CT molecular complexity index is 399. The topological polar surface area (TPSA) is 26.3 Å². The molecule has 0 aliphatic rings. The smallest absolute Gasteiger partial charge is 0.392 e. The van der Waals surface area contributed by atoms with Gasteiger partial charge in [-0.2, -0.15) is 13.2 Å². The number of rotatable bonds is 5. The number of carbonyl (C=O) groups is 1. The average Bonchev–Trinajstić information content (AvgIpc) is 2.33. The maximum absolute atomic E-state index is 12.7. The average molecular weight is 274 g/mol. The Balaban J connectivity index is 2.50. The van der Waals surface area contributed by atoms with Crippen LogP contribution in [0.1, 0.15) is 25.8 Å². The summed E-state index contributed by atoms with van der Waals surface area (Å²) in [4.78, 5) is 11.5. The van der Waals surface area contributed by atoms with E-state index in [4.69, 9.17) is 4.74 Å². The second-order valence-electron chi connectivity index (χ2n) is 4.74. The summed E-state index contributed by atoms with van der Waals surface area (Å²) < 4.78 is 42.9. The highest BCUT2D eigenvalue weighted by atomic mass is 19.4. The van der Waals surface area contributed by atoms with Crippen molar-refractivity contribution in [1.82, 2.24) is 0 Å². The van der Waals surface area contributed by atoms with E-state index in [9.17, 15) is 18.0 Å². The first kappa shape index (κ1) is 15.5. The monoisotopic (exact) mass is 274 g/mol. The van der Waals surface area contributed by atoms with Crippen LogP contribution in [0.3, 0.4) is 0 Å². The second-order valence-corrected chi connectivity index (χ2v) is 4.74. The lowest BCUT2D eigenvalue weighted by atomic mass is 9.92. The highest BCUT2D eigenvalue weighted by Gasteiger charge is 2.42. The lowest BCUT2D eigenvalue weighted by Gasteiger charge is -2.22. The molecule has 0 saturated carbocycles. The molecule has 0 saturated heterocycles. The number of ether oxygens (including phenoxy) is 1. The first-order chi connectivity index (χ1) is 8.80. The number of halogens is 3. The van der Waals surface area contributed by atoms with Crippen molar-refractivity contribution in [1.29, 1.82) is 0 Å². The third kappa shape index (κ3) is 5.32. The lowest BCUT2D eigenvalue weighted by Crippen LogP contribution is -2.30. The highest BCUT2D eigenvalue weighted by Crippen LogP contribution is 2.34. The van der Waals surface area contributed by atoms with Gasteiger partial charge >= 0.3 is 12.1 Å². The van der Waals surface area contributed by atoms with Crippen molar-refractivity contribution in [3.05, 3.63) is 35.9 Å². The molecule has 1 unspecified atom stereocenters. The van der Waals surface area contributed by atoms with E-state index >= 15 is 0 Å². The Morgan fingerprint density at radius 2 is 1.79 bits per heavy atom. The van der Waals surface area contributed by atoms with Crippen LogP contribution in [0.25, 0.3) is 0 Å². The van der Waals surface area contributed by atoms with Gasteiger partial charge in [-0.25, -0.2) is 0 Å². The fourth-order valence-electron chi connectivity index (χ4n) is 1.71. The van der Waals surface area contributed by atoms with Gasteiger partial charge in [-0.1, -0.05) is 44.2 Å². The van der Waals surface area contributed by atoms with Gasteiger partial charge in [0.15, 0.2) is 0 Å². The summed E-state index contributed by atoms with van der Waals surface area (Å²) in [5, 5.41) is 0. The third-order valence-electron chi connectivity index (χ3n) is 2.85. The predicted octanol–water partition coefficient (Wildman–Crippen LogP) is 3.95. The molecule has 0 N–H and O–H groups in total. The van der Waals surface area contributed by atoms with Crippen molar-refractivity contribution in [2.45, 2.75) is 33.1 Å². The molecular formula is C14H17F3O2.